The first-order chi connectivity index (χ1) is 9.63. The Kier molecular flexibility index (Phi) is 4.51. The summed E-state index contributed by atoms with van der Waals surface area (Å²) in [5.41, 5.74) is 4.19. The number of hydrogen-bond acceptors (Lipinski definition) is 2. The van der Waals surface area contributed by atoms with E-state index in [1.165, 1.54) is 18.4 Å². The normalized spacial score (nSPS) is 10.3. The molecule has 2 rings (SSSR count). The van der Waals surface area contributed by atoms with E-state index in [-0.39, 0.29) is 5.97 Å². The van der Waals surface area contributed by atoms with Crippen LogP contribution in [0.25, 0.3) is 0 Å². The molecule has 0 saturated carbocycles. The van der Waals surface area contributed by atoms with Crippen LogP contribution in [0.1, 0.15) is 34.1 Å². The molecule has 0 fully saturated rings. The Morgan fingerprint density at radius 3 is 2.70 bits per heavy atom. The summed E-state index contributed by atoms with van der Waals surface area (Å²) < 4.78 is 6.96. The minimum absolute atomic E-state index is 0.295. The highest BCUT2D eigenvalue weighted by Crippen LogP contribution is 2.07. The number of nitrogens with zero attached hydrogens (tertiary/aromatic N) is 1. The molecule has 0 aliphatic rings. The molecule has 0 atom stereocenters. The first-order valence-corrected chi connectivity index (χ1v) is 6.80. The van der Waals surface area contributed by atoms with E-state index in [9.17, 15) is 4.79 Å². The van der Waals surface area contributed by atoms with Gasteiger partial charge in [-0.05, 0) is 24.6 Å². The third kappa shape index (κ3) is 3.23. The van der Waals surface area contributed by atoms with E-state index >= 15 is 0 Å². The third-order valence-electron chi connectivity index (χ3n) is 3.42. The van der Waals surface area contributed by atoms with Gasteiger partial charge in [0.05, 0.1) is 12.7 Å². The molecule has 1 heterocycles. The second-order valence-electron chi connectivity index (χ2n) is 4.85. The molecular formula is C17H20NO2+. The van der Waals surface area contributed by atoms with Crippen LogP contribution in [0, 0.1) is 6.92 Å². The highest BCUT2D eigenvalue weighted by molar-refractivity contribution is 5.89. The summed E-state index contributed by atoms with van der Waals surface area (Å²) in [7, 11) is 1.40. The first kappa shape index (κ1) is 14.3. The first-order valence-electron chi connectivity index (χ1n) is 6.80. The minimum atomic E-state index is -0.295. The Hall–Kier alpha value is -2.16. The van der Waals surface area contributed by atoms with Gasteiger partial charge in [-0.2, -0.15) is 4.57 Å². The van der Waals surface area contributed by atoms with Crippen molar-refractivity contribution in [2.24, 2.45) is 0 Å². The zero-order valence-corrected chi connectivity index (χ0v) is 12.2. The summed E-state index contributed by atoms with van der Waals surface area (Å²) >= 11 is 0. The van der Waals surface area contributed by atoms with Crippen LogP contribution >= 0.6 is 0 Å². The van der Waals surface area contributed by atoms with Crippen molar-refractivity contribution in [3.05, 3.63) is 65.0 Å². The second kappa shape index (κ2) is 6.33. The maximum absolute atomic E-state index is 11.6. The van der Waals surface area contributed by atoms with E-state index in [2.05, 4.69) is 36.7 Å². The second-order valence-corrected chi connectivity index (χ2v) is 4.85. The maximum Gasteiger partial charge on any atom is 0.337 e. The molecule has 3 nitrogen and oxygen atoms in total. The Balaban J connectivity index is 2.28. The van der Waals surface area contributed by atoms with Gasteiger partial charge >= 0.3 is 5.97 Å². The smallest absolute Gasteiger partial charge is 0.337 e. The van der Waals surface area contributed by atoms with Gasteiger partial charge < -0.3 is 4.74 Å². The predicted octanol–water partition coefficient (Wildman–Crippen LogP) is 2.68. The Morgan fingerprint density at radius 1 is 1.20 bits per heavy atom. The van der Waals surface area contributed by atoms with Gasteiger partial charge in [0.25, 0.3) is 0 Å². The molecule has 0 spiro atoms. The molecule has 0 radical (unpaired) electrons. The van der Waals surface area contributed by atoms with E-state index in [1.807, 2.05) is 18.2 Å². The fourth-order valence-electron chi connectivity index (χ4n) is 2.16. The number of carbonyl (C=O) groups is 1. The van der Waals surface area contributed by atoms with Crippen LogP contribution in [-0.4, -0.2) is 13.1 Å². The highest BCUT2D eigenvalue weighted by Gasteiger charge is 2.11. The molecule has 1 aromatic heterocycles. The summed E-state index contributed by atoms with van der Waals surface area (Å²) in [6.07, 6.45) is 3.18. The van der Waals surface area contributed by atoms with Gasteiger partial charge in [0.1, 0.15) is 0 Å². The Bertz CT molecular complexity index is 620. The molecule has 3 heteroatoms. The lowest BCUT2D eigenvalue weighted by atomic mass is 10.1. The van der Waals surface area contributed by atoms with Crippen LogP contribution in [-0.2, 0) is 17.7 Å². The molecule has 0 bridgehead atoms. The monoisotopic (exact) mass is 270 g/mol. The van der Waals surface area contributed by atoms with Gasteiger partial charge in [-0.3, -0.25) is 0 Å². The summed E-state index contributed by atoms with van der Waals surface area (Å²) in [6, 6.07) is 11.9. The van der Waals surface area contributed by atoms with Gasteiger partial charge in [0.2, 0.25) is 0 Å². The standard InChI is InChI=1S/C17H20NO2/c1-4-14-9-8-13(2)18(11-14)12-15-6-5-7-16(10-15)17(19)20-3/h5-11H,4,12H2,1-3H3/q+1. The van der Waals surface area contributed by atoms with Gasteiger partial charge in [-0.25, -0.2) is 4.79 Å². The van der Waals surface area contributed by atoms with E-state index < -0.39 is 0 Å². The van der Waals surface area contributed by atoms with Crippen molar-refractivity contribution < 1.29 is 14.1 Å². The van der Waals surface area contributed by atoms with Crippen molar-refractivity contribution in [1.82, 2.24) is 0 Å². The number of rotatable bonds is 4. The average molecular weight is 270 g/mol. The fourth-order valence-corrected chi connectivity index (χ4v) is 2.16. The van der Waals surface area contributed by atoms with Gasteiger partial charge in [0, 0.05) is 24.1 Å². The number of hydrogen-bond donors (Lipinski definition) is 0. The number of benzene rings is 1. The van der Waals surface area contributed by atoms with Crippen LogP contribution in [0.5, 0.6) is 0 Å². The minimum Gasteiger partial charge on any atom is -0.465 e. The van der Waals surface area contributed by atoms with Crippen LogP contribution < -0.4 is 4.57 Å². The van der Waals surface area contributed by atoms with Crippen LogP contribution in [0.3, 0.4) is 0 Å². The van der Waals surface area contributed by atoms with Crippen LogP contribution in [0.2, 0.25) is 0 Å². The lowest BCUT2D eigenvalue weighted by molar-refractivity contribution is -0.694. The van der Waals surface area contributed by atoms with Gasteiger partial charge in [-0.1, -0.05) is 19.1 Å². The molecular weight excluding hydrogens is 250 g/mol. The third-order valence-corrected chi connectivity index (χ3v) is 3.42. The number of pyridine rings is 1. The molecule has 0 N–H and O–H groups in total. The SMILES string of the molecule is CCc1ccc(C)[n+](Cc2cccc(C(=O)OC)c2)c1. The van der Waals surface area contributed by atoms with Crippen molar-refractivity contribution in [1.29, 1.82) is 0 Å². The molecule has 0 aliphatic carbocycles. The largest absolute Gasteiger partial charge is 0.465 e. The molecule has 104 valence electrons. The Labute approximate surface area is 119 Å². The quantitative estimate of drug-likeness (QED) is 0.631. The van der Waals surface area contributed by atoms with E-state index in [1.54, 1.807) is 6.07 Å². The van der Waals surface area contributed by atoms with Gasteiger partial charge in [-0.15, -0.1) is 0 Å². The fraction of sp³-hybridized carbons (Fsp3) is 0.294. The van der Waals surface area contributed by atoms with E-state index in [0.717, 1.165) is 18.5 Å². The van der Waals surface area contributed by atoms with Gasteiger partial charge in [0.15, 0.2) is 18.4 Å². The highest BCUT2D eigenvalue weighted by atomic mass is 16.5. The van der Waals surface area contributed by atoms with E-state index in [0.29, 0.717) is 5.56 Å². The maximum atomic E-state index is 11.6. The summed E-state index contributed by atoms with van der Waals surface area (Å²) in [6.45, 7) is 4.99. The number of aromatic nitrogens is 1. The molecule has 2 aromatic rings. The zero-order valence-electron chi connectivity index (χ0n) is 12.2. The number of ether oxygens (including phenoxy) is 1. The molecule has 1 aromatic carbocycles. The number of esters is 1. The predicted molar refractivity (Wildman–Crippen MR) is 77.6 cm³/mol. The summed E-state index contributed by atoms with van der Waals surface area (Å²) in [5.74, 6) is -0.295. The number of carbonyl (C=O) groups excluding carboxylic acids is 1. The van der Waals surface area contributed by atoms with Crippen LogP contribution in [0.4, 0.5) is 0 Å². The summed E-state index contributed by atoms with van der Waals surface area (Å²) in [4.78, 5) is 11.6. The molecule has 20 heavy (non-hydrogen) atoms. The molecule has 0 amide bonds. The summed E-state index contributed by atoms with van der Waals surface area (Å²) in [5, 5.41) is 0. The van der Waals surface area contributed by atoms with Crippen molar-refractivity contribution in [2.45, 2.75) is 26.8 Å². The lowest BCUT2D eigenvalue weighted by Gasteiger charge is -2.05. The topological polar surface area (TPSA) is 30.2 Å². The zero-order chi connectivity index (χ0) is 14.5. The van der Waals surface area contributed by atoms with Crippen LogP contribution in [0.15, 0.2) is 42.6 Å². The molecule has 0 aliphatic heterocycles. The van der Waals surface area contributed by atoms with Crippen molar-refractivity contribution in [3.8, 4) is 0 Å². The van der Waals surface area contributed by atoms with Crippen molar-refractivity contribution in [3.63, 3.8) is 0 Å². The Morgan fingerprint density at radius 2 is 2.00 bits per heavy atom. The average Bonchev–Trinajstić information content (AvgIpc) is 2.49. The van der Waals surface area contributed by atoms with Crippen molar-refractivity contribution >= 4 is 5.97 Å². The van der Waals surface area contributed by atoms with Crippen molar-refractivity contribution in [2.75, 3.05) is 7.11 Å². The number of aryl methyl sites for hydroxylation is 2. The van der Waals surface area contributed by atoms with E-state index in [4.69, 9.17) is 4.74 Å². The molecule has 0 unspecified atom stereocenters. The molecule has 0 saturated heterocycles. The number of methoxy groups -OCH3 is 1. The lowest BCUT2D eigenvalue weighted by Crippen LogP contribution is -2.37.